The minimum absolute atomic E-state index is 0. The number of carbonyl (C=O) groups excluding carboxylic acids is 2. The van der Waals surface area contributed by atoms with Crippen LogP contribution in [0.3, 0.4) is 0 Å². The molecule has 0 aliphatic carbocycles. The summed E-state index contributed by atoms with van der Waals surface area (Å²) in [6, 6.07) is 17.3. The second kappa shape index (κ2) is 10.7. The highest BCUT2D eigenvalue weighted by Gasteiger charge is 2.43. The molecule has 0 saturated carbocycles. The lowest BCUT2D eigenvalue weighted by atomic mass is 9.70. The summed E-state index contributed by atoms with van der Waals surface area (Å²) < 4.78 is 0. The number of rotatable bonds is 8. The van der Waals surface area contributed by atoms with Gasteiger partial charge in [0.1, 0.15) is 5.78 Å². The molecule has 0 radical (unpaired) electrons. The van der Waals surface area contributed by atoms with Crippen molar-refractivity contribution in [1.29, 1.82) is 0 Å². The Morgan fingerprint density at radius 1 is 1.00 bits per heavy atom. The van der Waals surface area contributed by atoms with Crippen LogP contribution in [0.5, 0.6) is 0 Å². The topological polar surface area (TPSA) is 74.7 Å². The lowest BCUT2D eigenvalue weighted by molar-refractivity contribution is -0.151. The van der Waals surface area contributed by atoms with Gasteiger partial charge in [-0.3, -0.25) is 14.5 Å². The Morgan fingerprint density at radius 3 is 2.30 bits per heavy atom. The van der Waals surface area contributed by atoms with Crippen LogP contribution < -0.4 is 0 Å². The van der Waals surface area contributed by atoms with Crippen molar-refractivity contribution in [3.63, 3.8) is 0 Å². The number of halogens is 2. The van der Waals surface area contributed by atoms with Crippen LogP contribution in [0.1, 0.15) is 30.4 Å². The highest BCUT2D eigenvalue weighted by atomic mass is 35.5. The van der Waals surface area contributed by atoms with E-state index in [1.54, 1.807) is 12.1 Å². The van der Waals surface area contributed by atoms with Gasteiger partial charge in [-0.2, -0.15) is 0 Å². The summed E-state index contributed by atoms with van der Waals surface area (Å²) in [6.45, 7) is 2.07. The van der Waals surface area contributed by atoms with Gasteiger partial charge < -0.3 is 5.11 Å². The molecule has 1 atom stereocenters. The van der Waals surface area contributed by atoms with E-state index in [2.05, 4.69) is 4.90 Å². The van der Waals surface area contributed by atoms with Crippen molar-refractivity contribution in [3.8, 4) is 0 Å². The molecule has 30 heavy (non-hydrogen) atoms. The summed E-state index contributed by atoms with van der Waals surface area (Å²) in [6.07, 6.45) is 1.34. The van der Waals surface area contributed by atoms with E-state index in [1.165, 1.54) is 0 Å². The van der Waals surface area contributed by atoms with Crippen molar-refractivity contribution >= 4 is 41.5 Å². The Hall–Kier alpha value is -2.21. The fourth-order valence-corrected chi connectivity index (χ4v) is 4.20. The summed E-state index contributed by atoms with van der Waals surface area (Å²) in [5, 5.41) is 9.57. The first-order valence-corrected chi connectivity index (χ1v) is 10.1. The molecule has 160 valence electrons. The Kier molecular flexibility index (Phi) is 8.59. The Labute approximate surface area is 187 Å². The molecule has 0 bridgehead atoms. The van der Waals surface area contributed by atoms with E-state index >= 15 is 0 Å². The Bertz CT molecular complexity index is 886. The van der Waals surface area contributed by atoms with Gasteiger partial charge in [0.15, 0.2) is 0 Å². The zero-order chi connectivity index (χ0) is 20.9. The van der Waals surface area contributed by atoms with Gasteiger partial charge in [0, 0.05) is 23.5 Å². The highest BCUT2D eigenvalue weighted by molar-refractivity contribution is 6.36. The van der Waals surface area contributed by atoms with Gasteiger partial charge in [0.05, 0.1) is 6.42 Å². The zero-order valence-corrected chi connectivity index (χ0v) is 18.1. The van der Waals surface area contributed by atoms with Crippen LogP contribution in [-0.2, 0) is 27.3 Å². The number of benzene rings is 2. The van der Waals surface area contributed by atoms with Gasteiger partial charge in [-0.05, 0) is 49.1 Å². The zero-order valence-electron chi connectivity index (χ0n) is 16.6. The summed E-state index contributed by atoms with van der Waals surface area (Å²) >= 11 is 5.98. The molecule has 1 aliphatic heterocycles. The summed E-state index contributed by atoms with van der Waals surface area (Å²) in [4.78, 5) is 38.1. The molecule has 0 amide bonds. The largest absolute Gasteiger partial charge is 0.475 e. The van der Waals surface area contributed by atoms with Crippen LogP contribution in [0.4, 0.5) is 0 Å². The van der Waals surface area contributed by atoms with E-state index in [9.17, 15) is 14.4 Å². The third kappa shape index (κ3) is 6.14. The van der Waals surface area contributed by atoms with E-state index in [0.717, 1.165) is 24.1 Å². The van der Waals surface area contributed by atoms with Gasteiger partial charge >= 0.3 is 5.97 Å². The fourth-order valence-electron chi connectivity index (χ4n) is 4.08. The predicted molar refractivity (Wildman–Crippen MR) is 118 cm³/mol. The predicted octanol–water partition coefficient (Wildman–Crippen LogP) is 4.20. The molecule has 7 heteroatoms. The molecule has 1 unspecified atom stereocenters. The summed E-state index contributed by atoms with van der Waals surface area (Å²) in [7, 11) is 0. The second-order valence-corrected chi connectivity index (χ2v) is 8.15. The second-order valence-electron chi connectivity index (χ2n) is 7.71. The smallest absolute Gasteiger partial charge is 0.372 e. The maximum Gasteiger partial charge on any atom is 0.372 e. The number of hydrogen-bond acceptors (Lipinski definition) is 4. The van der Waals surface area contributed by atoms with Gasteiger partial charge in [0.2, 0.25) is 5.78 Å². The van der Waals surface area contributed by atoms with Crippen molar-refractivity contribution in [2.45, 2.75) is 32.2 Å². The maximum absolute atomic E-state index is 13.2. The molecule has 3 rings (SSSR count). The van der Waals surface area contributed by atoms with Crippen LogP contribution in [0.15, 0.2) is 54.6 Å². The molecule has 1 N–H and O–H groups in total. The lowest BCUT2D eigenvalue weighted by Crippen LogP contribution is -2.49. The van der Waals surface area contributed by atoms with E-state index in [0.29, 0.717) is 31.0 Å². The van der Waals surface area contributed by atoms with Crippen LogP contribution >= 0.6 is 24.0 Å². The number of carboxylic acid groups (broad SMARTS) is 1. The number of piperidine rings is 1. The molecular formula is C23H25Cl2NO4. The molecular weight excluding hydrogens is 425 g/mol. The van der Waals surface area contributed by atoms with E-state index in [4.69, 9.17) is 16.7 Å². The van der Waals surface area contributed by atoms with E-state index in [-0.39, 0.29) is 18.2 Å². The van der Waals surface area contributed by atoms with E-state index in [1.807, 2.05) is 42.5 Å². The monoisotopic (exact) mass is 449 g/mol. The van der Waals surface area contributed by atoms with Crippen LogP contribution in [0, 0.1) is 5.41 Å². The first-order chi connectivity index (χ1) is 13.9. The van der Waals surface area contributed by atoms with Crippen molar-refractivity contribution in [2.24, 2.45) is 5.41 Å². The normalized spacial score (nSPS) is 19.0. The SMILES string of the molecule is Cl.O=C(O)C(=O)CC(=O)C1(Cc2ccc(Cl)cc2)CCCN(Cc2ccccc2)C1. The molecule has 1 saturated heterocycles. The van der Waals surface area contributed by atoms with Gasteiger partial charge in [-0.1, -0.05) is 54.1 Å². The van der Waals surface area contributed by atoms with Crippen molar-refractivity contribution in [1.82, 2.24) is 4.90 Å². The van der Waals surface area contributed by atoms with Crippen LogP contribution in [0.2, 0.25) is 5.02 Å². The first-order valence-electron chi connectivity index (χ1n) is 9.68. The summed E-state index contributed by atoms with van der Waals surface area (Å²) in [5.74, 6) is -2.90. The van der Waals surface area contributed by atoms with Crippen LogP contribution in [-0.4, -0.2) is 40.6 Å². The Balaban J connectivity index is 0.00000320. The third-order valence-corrected chi connectivity index (χ3v) is 5.76. The number of carboxylic acids is 1. The minimum Gasteiger partial charge on any atom is -0.475 e. The quantitative estimate of drug-likeness (QED) is 0.482. The number of hydrogen-bond donors (Lipinski definition) is 1. The average Bonchev–Trinajstić information content (AvgIpc) is 2.70. The van der Waals surface area contributed by atoms with Gasteiger partial charge in [-0.25, -0.2) is 4.79 Å². The molecule has 2 aromatic rings. The first kappa shape index (κ1) is 24.1. The fraction of sp³-hybridized carbons (Fsp3) is 0.348. The van der Waals surface area contributed by atoms with Gasteiger partial charge in [-0.15, -0.1) is 12.4 Å². The van der Waals surface area contributed by atoms with E-state index < -0.39 is 23.6 Å². The van der Waals surface area contributed by atoms with Gasteiger partial charge in [0.25, 0.3) is 0 Å². The molecule has 1 aliphatic rings. The average molecular weight is 450 g/mol. The lowest BCUT2D eigenvalue weighted by Gasteiger charge is -2.42. The molecule has 2 aromatic carbocycles. The molecule has 0 spiro atoms. The number of nitrogens with zero attached hydrogens (tertiary/aromatic N) is 1. The number of carbonyl (C=O) groups is 3. The molecule has 1 heterocycles. The van der Waals surface area contributed by atoms with Crippen LogP contribution in [0.25, 0.3) is 0 Å². The number of Topliss-reactive ketones (excluding diaryl/α,β-unsaturated/α-hetero) is 2. The summed E-state index contributed by atoms with van der Waals surface area (Å²) in [5.41, 5.74) is 1.32. The number of likely N-dealkylation sites (tertiary alicyclic amines) is 1. The highest BCUT2D eigenvalue weighted by Crippen LogP contribution is 2.36. The molecule has 0 aromatic heterocycles. The number of aliphatic carboxylic acids is 1. The van der Waals surface area contributed by atoms with Crippen molar-refractivity contribution in [2.75, 3.05) is 13.1 Å². The third-order valence-electron chi connectivity index (χ3n) is 5.51. The molecule has 5 nitrogen and oxygen atoms in total. The maximum atomic E-state index is 13.2. The Morgan fingerprint density at radius 2 is 1.67 bits per heavy atom. The standard InChI is InChI=1S/C23H24ClNO4.ClH/c24-19-9-7-17(8-10-19)14-23(21(27)13-20(26)22(28)29)11-4-12-25(16-23)15-18-5-2-1-3-6-18;/h1-3,5-10H,4,11-16H2,(H,28,29);1H. The number of ketones is 2. The van der Waals surface area contributed by atoms with Crippen molar-refractivity contribution in [3.05, 3.63) is 70.7 Å². The molecule has 1 fully saturated rings. The minimum atomic E-state index is -1.56. The van der Waals surface area contributed by atoms with Crippen molar-refractivity contribution < 1.29 is 19.5 Å².